The van der Waals surface area contributed by atoms with Gasteiger partial charge in [0.15, 0.2) is 0 Å². The van der Waals surface area contributed by atoms with E-state index in [-0.39, 0.29) is 0 Å². The molecule has 0 amide bonds. The molecule has 0 saturated carbocycles. The van der Waals surface area contributed by atoms with Crippen molar-refractivity contribution in [1.29, 1.82) is 0 Å². The van der Waals surface area contributed by atoms with Crippen molar-refractivity contribution in [3.05, 3.63) is 0 Å². The zero-order valence-electron chi connectivity index (χ0n) is 14.9. The lowest BCUT2D eigenvalue weighted by atomic mass is 9.84. The van der Waals surface area contributed by atoms with Gasteiger partial charge in [-0.1, -0.05) is 55.4 Å². The van der Waals surface area contributed by atoms with Gasteiger partial charge in [0, 0.05) is 0 Å². The van der Waals surface area contributed by atoms with Gasteiger partial charge in [-0.05, 0) is 61.4 Å². The van der Waals surface area contributed by atoms with Crippen molar-refractivity contribution >= 4 is 0 Å². The first kappa shape index (κ1) is 19.0. The van der Waals surface area contributed by atoms with Gasteiger partial charge >= 0.3 is 0 Å². The van der Waals surface area contributed by atoms with Gasteiger partial charge in [-0.2, -0.15) is 0 Å². The van der Waals surface area contributed by atoms with Crippen LogP contribution >= 0.6 is 0 Å². The van der Waals surface area contributed by atoms with Crippen molar-refractivity contribution in [3.8, 4) is 0 Å². The standard InChI is InChI=1S/C18H39N/c1-15(13-17(3,4)5)9-11-19-12-10-16(2)14-18(6,7)8/h15-16,19H,9-14H2,1-8H3. The first-order valence-electron chi connectivity index (χ1n) is 8.20. The summed E-state index contributed by atoms with van der Waals surface area (Å²) in [6.07, 6.45) is 5.28. The highest BCUT2D eigenvalue weighted by Crippen LogP contribution is 2.26. The maximum atomic E-state index is 3.62. The van der Waals surface area contributed by atoms with Crippen LogP contribution in [0.3, 0.4) is 0 Å². The number of rotatable bonds is 8. The third-order valence-corrected chi connectivity index (χ3v) is 3.55. The lowest BCUT2D eigenvalue weighted by Crippen LogP contribution is -2.23. The quantitative estimate of drug-likeness (QED) is 0.574. The summed E-state index contributed by atoms with van der Waals surface area (Å²) in [5.74, 6) is 1.67. The molecule has 0 spiro atoms. The summed E-state index contributed by atoms with van der Waals surface area (Å²) in [5.41, 5.74) is 0.946. The molecule has 0 bridgehead atoms. The van der Waals surface area contributed by atoms with Crippen LogP contribution < -0.4 is 5.32 Å². The van der Waals surface area contributed by atoms with E-state index in [2.05, 4.69) is 60.7 Å². The van der Waals surface area contributed by atoms with Gasteiger partial charge < -0.3 is 5.32 Å². The van der Waals surface area contributed by atoms with Crippen LogP contribution in [0, 0.1) is 22.7 Å². The Morgan fingerprint density at radius 1 is 0.684 bits per heavy atom. The average Bonchev–Trinajstić information content (AvgIpc) is 2.10. The molecular weight excluding hydrogens is 230 g/mol. The second-order valence-corrected chi connectivity index (χ2v) is 9.07. The van der Waals surface area contributed by atoms with E-state index in [1.54, 1.807) is 0 Å². The Morgan fingerprint density at radius 3 is 1.26 bits per heavy atom. The van der Waals surface area contributed by atoms with E-state index in [1.807, 2.05) is 0 Å². The Morgan fingerprint density at radius 2 is 1.00 bits per heavy atom. The fraction of sp³-hybridized carbons (Fsp3) is 1.00. The van der Waals surface area contributed by atoms with E-state index >= 15 is 0 Å². The molecular formula is C18H39N. The minimum atomic E-state index is 0.473. The van der Waals surface area contributed by atoms with Gasteiger partial charge in [-0.3, -0.25) is 0 Å². The molecule has 1 N–H and O–H groups in total. The fourth-order valence-corrected chi connectivity index (χ4v) is 3.12. The van der Waals surface area contributed by atoms with Crippen LogP contribution in [0.15, 0.2) is 0 Å². The van der Waals surface area contributed by atoms with E-state index in [4.69, 9.17) is 0 Å². The normalized spacial score (nSPS) is 16.4. The first-order valence-corrected chi connectivity index (χ1v) is 8.20. The summed E-state index contributed by atoms with van der Waals surface area (Å²) in [5, 5.41) is 3.62. The fourth-order valence-electron chi connectivity index (χ4n) is 3.12. The van der Waals surface area contributed by atoms with Gasteiger partial charge in [0.2, 0.25) is 0 Å². The summed E-state index contributed by atoms with van der Waals surface area (Å²) < 4.78 is 0. The van der Waals surface area contributed by atoms with E-state index in [1.165, 1.54) is 38.8 Å². The summed E-state index contributed by atoms with van der Waals surface area (Å²) in [6, 6.07) is 0. The molecule has 2 unspecified atom stereocenters. The summed E-state index contributed by atoms with van der Waals surface area (Å²) in [4.78, 5) is 0. The van der Waals surface area contributed by atoms with Crippen LogP contribution in [0.5, 0.6) is 0 Å². The number of hydrogen-bond donors (Lipinski definition) is 1. The maximum absolute atomic E-state index is 3.62. The van der Waals surface area contributed by atoms with Crippen molar-refractivity contribution < 1.29 is 0 Å². The zero-order chi connectivity index (χ0) is 15.1. The Hall–Kier alpha value is -0.0400. The van der Waals surface area contributed by atoms with Crippen molar-refractivity contribution in [1.82, 2.24) is 5.32 Å². The topological polar surface area (TPSA) is 12.0 Å². The molecule has 0 aromatic carbocycles. The maximum Gasteiger partial charge on any atom is -0.00464 e. The molecule has 2 atom stereocenters. The molecule has 1 nitrogen and oxygen atoms in total. The van der Waals surface area contributed by atoms with Crippen LogP contribution in [-0.4, -0.2) is 13.1 Å². The van der Waals surface area contributed by atoms with Gasteiger partial charge in [0.25, 0.3) is 0 Å². The predicted octanol–water partition coefficient (Wildman–Crippen LogP) is 5.50. The van der Waals surface area contributed by atoms with E-state index in [9.17, 15) is 0 Å². The van der Waals surface area contributed by atoms with Crippen LogP contribution in [0.25, 0.3) is 0 Å². The van der Waals surface area contributed by atoms with Gasteiger partial charge in [-0.15, -0.1) is 0 Å². The molecule has 116 valence electrons. The molecule has 0 aromatic heterocycles. The summed E-state index contributed by atoms with van der Waals surface area (Å²) in [7, 11) is 0. The smallest absolute Gasteiger partial charge is 0.00464 e. The van der Waals surface area contributed by atoms with Gasteiger partial charge in [0.1, 0.15) is 0 Å². The highest BCUT2D eigenvalue weighted by atomic mass is 14.8. The third-order valence-electron chi connectivity index (χ3n) is 3.55. The summed E-state index contributed by atoms with van der Waals surface area (Å²) in [6.45, 7) is 21.2. The van der Waals surface area contributed by atoms with E-state index in [0.717, 1.165) is 11.8 Å². The van der Waals surface area contributed by atoms with Crippen LogP contribution in [-0.2, 0) is 0 Å². The highest BCUT2D eigenvalue weighted by molar-refractivity contribution is 4.69. The number of hydrogen-bond acceptors (Lipinski definition) is 1. The van der Waals surface area contributed by atoms with Crippen LogP contribution in [0.2, 0.25) is 0 Å². The first-order chi connectivity index (χ1) is 8.49. The number of nitrogens with one attached hydrogen (secondary N) is 1. The molecule has 0 saturated heterocycles. The molecule has 0 aliphatic carbocycles. The van der Waals surface area contributed by atoms with Crippen molar-refractivity contribution in [2.24, 2.45) is 22.7 Å². The Bertz CT molecular complexity index is 195. The molecule has 0 rings (SSSR count). The van der Waals surface area contributed by atoms with Gasteiger partial charge in [-0.25, -0.2) is 0 Å². The second kappa shape index (κ2) is 8.29. The Labute approximate surface area is 122 Å². The highest BCUT2D eigenvalue weighted by Gasteiger charge is 2.16. The van der Waals surface area contributed by atoms with Crippen molar-refractivity contribution in [2.75, 3.05) is 13.1 Å². The van der Waals surface area contributed by atoms with E-state index in [0.29, 0.717) is 10.8 Å². The van der Waals surface area contributed by atoms with E-state index < -0.39 is 0 Å². The molecule has 0 radical (unpaired) electrons. The molecule has 0 fully saturated rings. The molecule has 19 heavy (non-hydrogen) atoms. The molecule has 0 aliphatic heterocycles. The van der Waals surface area contributed by atoms with Gasteiger partial charge in [0.05, 0.1) is 0 Å². The lowest BCUT2D eigenvalue weighted by molar-refractivity contribution is 0.286. The Kier molecular flexibility index (Phi) is 8.27. The minimum Gasteiger partial charge on any atom is -0.317 e. The summed E-state index contributed by atoms with van der Waals surface area (Å²) >= 11 is 0. The predicted molar refractivity (Wildman–Crippen MR) is 88.6 cm³/mol. The minimum absolute atomic E-state index is 0.473. The van der Waals surface area contributed by atoms with Crippen LogP contribution in [0.1, 0.15) is 81.1 Å². The average molecular weight is 270 g/mol. The molecule has 0 heterocycles. The zero-order valence-corrected chi connectivity index (χ0v) is 14.9. The molecule has 0 aromatic rings. The second-order valence-electron chi connectivity index (χ2n) is 9.07. The van der Waals surface area contributed by atoms with Crippen LogP contribution in [0.4, 0.5) is 0 Å². The molecule has 0 aliphatic rings. The SMILES string of the molecule is CC(CCNCCC(C)CC(C)(C)C)CC(C)(C)C. The molecule has 1 heteroatoms. The largest absolute Gasteiger partial charge is 0.317 e. The Balaban J connectivity index is 3.55. The monoisotopic (exact) mass is 269 g/mol. The van der Waals surface area contributed by atoms with Crippen molar-refractivity contribution in [2.45, 2.75) is 81.1 Å². The third kappa shape index (κ3) is 14.2. The van der Waals surface area contributed by atoms with Crippen molar-refractivity contribution in [3.63, 3.8) is 0 Å². The lowest BCUT2D eigenvalue weighted by Gasteiger charge is -2.24.